The third-order valence-electron chi connectivity index (χ3n) is 4.43. The van der Waals surface area contributed by atoms with Gasteiger partial charge >= 0.3 is 0 Å². The van der Waals surface area contributed by atoms with Gasteiger partial charge in [0.25, 0.3) is 0 Å². The van der Waals surface area contributed by atoms with E-state index in [1.165, 1.54) is 44.6 Å². The maximum absolute atomic E-state index is 3.76. The fourth-order valence-corrected chi connectivity index (χ4v) is 3.41. The minimum Gasteiger partial charge on any atom is -0.385 e. The number of hydrogen-bond donors (Lipinski definition) is 2. The standard InChI is InChI=1S/C16H25N3/c1-2-7-15(8-3-1)17-9-5-10-18-16-13-19-11-4-6-14(16)12-19/h1-3,7-8,14,16-18H,4-6,9-13H2. The third kappa shape index (κ3) is 3.48. The molecule has 1 aromatic carbocycles. The molecule has 0 radical (unpaired) electrons. The minimum absolute atomic E-state index is 0.749. The van der Waals surface area contributed by atoms with E-state index in [4.69, 9.17) is 0 Å². The summed E-state index contributed by atoms with van der Waals surface area (Å²) in [6, 6.07) is 11.2. The van der Waals surface area contributed by atoms with Gasteiger partial charge in [-0.2, -0.15) is 0 Å². The Bertz CT molecular complexity index is 379. The molecule has 3 rings (SSSR count). The van der Waals surface area contributed by atoms with Crippen molar-refractivity contribution < 1.29 is 0 Å². The van der Waals surface area contributed by atoms with Gasteiger partial charge in [0.1, 0.15) is 0 Å². The van der Waals surface area contributed by atoms with Crippen molar-refractivity contribution >= 4 is 5.69 Å². The van der Waals surface area contributed by atoms with Crippen LogP contribution in [0.3, 0.4) is 0 Å². The fraction of sp³-hybridized carbons (Fsp3) is 0.625. The summed E-state index contributed by atoms with van der Waals surface area (Å²) in [4.78, 5) is 2.62. The maximum atomic E-state index is 3.76. The zero-order valence-electron chi connectivity index (χ0n) is 11.6. The van der Waals surface area contributed by atoms with Crippen LogP contribution in [0.5, 0.6) is 0 Å². The number of para-hydroxylation sites is 1. The summed E-state index contributed by atoms with van der Waals surface area (Å²) >= 11 is 0. The van der Waals surface area contributed by atoms with Crippen molar-refractivity contribution in [3.63, 3.8) is 0 Å². The van der Waals surface area contributed by atoms with Crippen LogP contribution in [0.15, 0.2) is 30.3 Å². The maximum Gasteiger partial charge on any atom is 0.0340 e. The number of piperidine rings is 1. The van der Waals surface area contributed by atoms with E-state index in [-0.39, 0.29) is 0 Å². The molecule has 0 saturated carbocycles. The number of rotatable bonds is 6. The molecule has 0 aliphatic carbocycles. The van der Waals surface area contributed by atoms with Crippen molar-refractivity contribution in [1.82, 2.24) is 10.2 Å². The third-order valence-corrected chi connectivity index (χ3v) is 4.43. The van der Waals surface area contributed by atoms with E-state index in [0.717, 1.165) is 25.0 Å². The Morgan fingerprint density at radius 3 is 2.84 bits per heavy atom. The highest BCUT2D eigenvalue weighted by molar-refractivity contribution is 5.42. The van der Waals surface area contributed by atoms with Crippen molar-refractivity contribution in [3.8, 4) is 0 Å². The zero-order chi connectivity index (χ0) is 12.9. The van der Waals surface area contributed by atoms with Crippen LogP contribution in [0.25, 0.3) is 0 Å². The molecule has 2 N–H and O–H groups in total. The first kappa shape index (κ1) is 12.9. The highest BCUT2D eigenvalue weighted by Crippen LogP contribution is 2.26. The summed E-state index contributed by atoms with van der Waals surface area (Å²) in [6.07, 6.45) is 4.02. The summed E-state index contributed by atoms with van der Waals surface area (Å²) in [5, 5.41) is 7.22. The first-order valence-corrected chi connectivity index (χ1v) is 7.66. The fourth-order valence-electron chi connectivity index (χ4n) is 3.41. The predicted molar refractivity (Wildman–Crippen MR) is 80.5 cm³/mol. The average Bonchev–Trinajstić information content (AvgIpc) is 2.74. The van der Waals surface area contributed by atoms with Gasteiger partial charge in [-0.25, -0.2) is 0 Å². The van der Waals surface area contributed by atoms with Crippen LogP contribution in [0.1, 0.15) is 19.3 Å². The molecular formula is C16H25N3. The van der Waals surface area contributed by atoms with Crippen LogP contribution in [-0.2, 0) is 0 Å². The van der Waals surface area contributed by atoms with Crippen LogP contribution in [0.2, 0.25) is 0 Å². The van der Waals surface area contributed by atoms with Crippen LogP contribution in [0, 0.1) is 5.92 Å². The Kier molecular flexibility index (Phi) is 4.36. The van der Waals surface area contributed by atoms with Gasteiger partial charge in [-0.05, 0) is 50.4 Å². The molecular weight excluding hydrogens is 234 g/mol. The Balaban J connectivity index is 1.31. The Morgan fingerprint density at radius 2 is 2.00 bits per heavy atom. The van der Waals surface area contributed by atoms with Gasteiger partial charge in [0.05, 0.1) is 0 Å². The lowest BCUT2D eigenvalue weighted by Crippen LogP contribution is -2.36. The van der Waals surface area contributed by atoms with Crippen molar-refractivity contribution in [2.75, 3.05) is 38.0 Å². The van der Waals surface area contributed by atoms with Gasteiger partial charge in [-0.15, -0.1) is 0 Å². The molecule has 0 amide bonds. The average molecular weight is 259 g/mol. The second-order valence-electron chi connectivity index (χ2n) is 5.87. The molecule has 104 valence electrons. The van der Waals surface area contributed by atoms with Crippen molar-refractivity contribution in [2.45, 2.75) is 25.3 Å². The summed E-state index contributed by atoms with van der Waals surface area (Å²) in [5.74, 6) is 0.913. The molecule has 2 saturated heterocycles. The quantitative estimate of drug-likeness (QED) is 0.767. The molecule has 3 nitrogen and oxygen atoms in total. The minimum atomic E-state index is 0.749. The molecule has 2 bridgehead atoms. The van der Waals surface area contributed by atoms with E-state index in [9.17, 15) is 0 Å². The molecule has 3 heteroatoms. The second-order valence-corrected chi connectivity index (χ2v) is 5.87. The van der Waals surface area contributed by atoms with Gasteiger partial charge in [-0.3, -0.25) is 0 Å². The molecule has 2 aliphatic heterocycles. The number of nitrogens with one attached hydrogen (secondary N) is 2. The number of hydrogen-bond acceptors (Lipinski definition) is 3. The van der Waals surface area contributed by atoms with Crippen LogP contribution in [-0.4, -0.2) is 43.7 Å². The second kappa shape index (κ2) is 6.40. The number of fused-ring (bicyclic) bond motifs is 2. The Labute approximate surface area is 116 Å². The molecule has 3 unspecified atom stereocenters. The van der Waals surface area contributed by atoms with Gasteiger partial charge in [0.15, 0.2) is 0 Å². The number of anilines is 1. The molecule has 2 heterocycles. The molecule has 1 aromatic rings. The van der Waals surface area contributed by atoms with Crippen molar-refractivity contribution in [3.05, 3.63) is 30.3 Å². The van der Waals surface area contributed by atoms with Crippen LogP contribution < -0.4 is 10.6 Å². The molecule has 3 atom stereocenters. The van der Waals surface area contributed by atoms with Crippen LogP contribution in [0.4, 0.5) is 5.69 Å². The molecule has 0 spiro atoms. The van der Waals surface area contributed by atoms with E-state index in [1.54, 1.807) is 0 Å². The first-order valence-electron chi connectivity index (χ1n) is 7.66. The zero-order valence-corrected chi connectivity index (χ0v) is 11.6. The van der Waals surface area contributed by atoms with E-state index < -0.39 is 0 Å². The molecule has 2 fully saturated rings. The molecule has 19 heavy (non-hydrogen) atoms. The topological polar surface area (TPSA) is 27.3 Å². The predicted octanol–water partition coefficient (Wildman–Crippen LogP) is 2.17. The lowest BCUT2D eigenvalue weighted by Gasteiger charge is -2.22. The summed E-state index contributed by atoms with van der Waals surface area (Å²) in [7, 11) is 0. The monoisotopic (exact) mass is 259 g/mol. The van der Waals surface area contributed by atoms with E-state index in [1.807, 2.05) is 0 Å². The highest BCUT2D eigenvalue weighted by atomic mass is 15.2. The largest absolute Gasteiger partial charge is 0.385 e. The van der Waals surface area contributed by atoms with Crippen LogP contribution >= 0.6 is 0 Å². The van der Waals surface area contributed by atoms with E-state index >= 15 is 0 Å². The van der Waals surface area contributed by atoms with Gasteiger partial charge in [0, 0.05) is 31.4 Å². The van der Waals surface area contributed by atoms with Gasteiger partial charge in [-0.1, -0.05) is 18.2 Å². The Hall–Kier alpha value is -1.06. The van der Waals surface area contributed by atoms with Crippen molar-refractivity contribution in [2.24, 2.45) is 5.92 Å². The lowest BCUT2D eigenvalue weighted by atomic mass is 9.97. The number of nitrogens with zero attached hydrogens (tertiary/aromatic N) is 1. The van der Waals surface area contributed by atoms with E-state index in [2.05, 4.69) is 45.9 Å². The molecule has 0 aromatic heterocycles. The Morgan fingerprint density at radius 1 is 1.11 bits per heavy atom. The lowest BCUT2D eigenvalue weighted by molar-refractivity contribution is 0.269. The highest BCUT2D eigenvalue weighted by Gasteiger charge is 2.34. The van der Waals surface area contributed by atoms with E-state index in [0.29, 0.717) is 0 Å². The van der Waals surface area contributed by atoms with Gasteiger partial charge < -0.3 is 15.5 Å². The van der Waals surface area contributed by atoms with Crippen molar-refractivity contribution in [1.29, 1.82) is 0 Å². The molecule has 2 aliphatic rings. The first-order chi connectivity index (χ1) is 9.42. The van der Waals surface area contributed by atoms with Gasteiger partial charge in [0.2, 0.25) is 0 Å². The summed E-state index contributed by atoms with van der Waals surface area (Å²) in [5.41, 5.74) is 1.23. The number of benzene rings is 1. The summed E-state index contributed by atoms with van der Waals surface area (Å²) < 4.78 is 0. The smallest absolute Gasteiger partial charge is 0.0340 e. The normalized spacial score (nSPS) is 29.4. The summed E-state index contributed by atoms with van der Waals surface area (Å²) in [6.45, 7) is 6.12. The SMILES string of the molecule is c1ccc(NCCCNC2CN3CCCC2C3)cc1.